The molecule has 5 heteroatoms. The first-order chi connectivity index (χ1) is 8.13. The second kappa shape index (κ2) is 5.80. The number of hydrogen-bond acceptors (Lipinski definition) is 4. The van der Waals surface area contributed by atoms with Gasteiger partial charge in [0.25, 0.3) is 0 Å². The van der Waals surface area contributed by atoms with Crippen LogP contribution in [0.1, 0.15) is 4.88 Å². The summed E-state index contributed by atoms with van der Waals surface area (Å²) >= 11 is 5.25. The van der Waals surface area contributed by atoms with Gasteiger partial charge in [-0.25, -0.2) is 0 Å². The van der Waals surface area contributed by atoms with Gasteiger partial charge >= 0.3 is 0 Å². The summed E-state index contributed by atoms with van der Waals surface area (Å²) in [6.07, 6.45) is 1.06. The van der Waals surface area contributed by atoms with Gasteiger partial charge in [0.05, 0.1) is 25.2 Å². The predicted octanol–water partition coefficient (Wildman–Crippen LogP) is 1.99. The summed E-state index contributed by atoms with van der Waals surface area (Å²) in [5.41, 5.74) is -0.00914. The van der Waals surface area contributed by atoms with E-state index >= 15 is 0 Å². The molecule has 3 nitrogen and oxygen atoms in total. The van der Waals surface area contributed by atoms with Gasteiger partial charge in [-0.3, -0.25) is 0 Å². The maximum atomic E-state index is 9.36. The Kier molecular flexibility index (Phi) is 4.60. The second-order valence-corrected chi connectivity index (χ2v) is 6.78. The predicted molar refractivity (Wildman–Crippen MR) is 73.6 cm³/mol. The van der Waals surface area contributed by atoms with Crippen molar-refractivity contribution in [3.05, 3.63) is 20.8 Å². The maximum absolute atomic E-state index is 9.36. The molecule has 0 aliphatic carbocycles. The third-order valence-electron chi connectivity index (χ3n) is 3.12. The number of thiophene rings is 1. The summed E-state index contributed by atoms with van der Waals surface area (Å²) < 4.78 is 6.37. The van der Waals surface area contributed by atoms with Crippen LogP contribution in [0.15, 0.2) is 15.9 Å². The summed E-state index contributed by atoms with van der Waals surface area (Å²) in [6.45, 7) is 3.55. The van der Waals surface area contributed by atoms with Crippen LogP contribution >= 0.6 is 27.3 Å². The molecule has 1 saturated heterocycles. The van der Waals surface area contributed by atoms with Crippen molar-refractivity contribution in [1.82, 2.24) is 4.90 Å². The van der Waals surface area contributed by atoms with Crippen LogP contribution in [-0.2, 0) is 11.2 Å². The van der Waals surface area contributed by atoms with Crippen LogP contribution in [0.25, 0.3) is 0 Å². The van der Waals surface area contributed by atoms with E-state index in [0.717, 1.165) is 19.5 Å². The Morgan fingerprint density at radius 1 is 1.59 bits per heavy atom. The smallest absolute Gasteiger partial charge is 0.0579 e. The van der Waals surface area contributed by atoms with E-state index in [0.29, 0.717) is 13.2 Å². The minimum Gasteiger partial charge on any atom is -0.396 e. The number of likely N-dealkylation sites (N-methyl/N-ethyl adjacent to an activating group) is 1. The second-order valence-electron chi connectivity index (χ2n) is 4.87. The van der Waals surface area contributed by atoms with Crippen LogP contribution in [-0.4, -0.2) is 50.0 Å². The monoisotopic (exact) mass is 319 g/mol. The molecule has 17 heavy (non-hydrogen) atoms. The fourth-order valence-corrected chi connectivity index (χ4v) is 3.51. The quantitative estimate of drug-likeness (QED) is 0.870. The van der Waals surface area contributed by atoms with Crippen molar-refractivity contribution < 1.29 is 9.84 Å². The molecule has 2 rings (SSSR count). The van der Waals surface area contributed by atoms with Gasteiger partial charge in [0.2, 0.25) is 0 Å². The topological polar surface area (TPSA) is 32.7 Å². The van der Waals surface area contributed by atoms with Gasteiger partial charge in [0.15, 0.2) is 0 Å². The molecule has 0 radical (unpaired) electrons. The molecule has 96 valence electrons. The Balaban J connectivity index is 1.75. The van der Waals surface area contributed by atoms with Crippen molar-refractivity contribution in [3.63, 3.8) is 0 Å². The van der Waals surface area contributed by atoms with Crippen LogP contribution < -0.4 is 0 Å². The first-order valence-corrected chi connectivity index (χ1v) is 7.41. The van der Waals surface area contributed by atoms with Crippen molar-refractivity contribution in [2.45, 2.75) is 6.42 Å². The Labute approximate surface area is 115 Å². The molecule has 0 spiro atoms. The van der Waals surface area contributed by atoms with E-state index in [1.165, 1.54) is 9.35 Å². The molecule has 0 atom stereocenters. The molecular formula is C12H18BrNO2S. The summed E-state index contributed by atoms with van der Waals surface area (Å²) in [4.78, 5) is 3.68. The van der Waals surface area contributed by atoms with Gasteiger partial charge < -0.3 is 14.7 Å². The van der Waals surface area contributed by atoms with Gasteiger partial charge in [0.1, 0.15) is 0 Å². The zero-order valence-electron chi connectivity index (χ0n) is 9.99. The highest BCUT2D eigenvalue weighted by molar-refractivity contribution is 9.10. The average Bonchev–Trinajstić information content (AvgIpc) is 2.67. The van der Waals surface area contributed by atoms with E-state index in [2.05, 4.69) is 39.3 Å². The highest BCUT2D eigenvalue weighted by Gasteiger charge is 2.38. The van der Waals surface area contributed by atoms with Crippen molar-refractivity contribution in [2.24, 2.45) is 5.41 Å². The van der Waals surface area contributed by atoms with Gasteiger partial charge in [-0.1, -0.05) is 0 Å². The van der Waals surface area contributed by atoms with Gasteiger partial charge in [-0.05, 0) is 35.5 Å². The van der Waals surface area contributed by atoms with Crippen molar-refractivity contribution in [1.29, 1.82) is 0 Å². The number of aliphatic hydroxyl groups excluding tert-OH is 1. The molecule has 2 heterocycles. The SMILES string of the molecule is CN(CCc1cc(Br)cs1)CC1(CO)COC1. The first-order valence-electron chi connectivity index (χ1n) is 5.74. The largest absolute Gasteiger partial charge is 0.396 e. The van der Waals surface area contributed by atoms with E-state index in [-0.39, 0.29) is 12.0 Å². The standard InChI is InChI=1S/C12H18BrNO2S/c1-14(6-12(7-15)8-16-9-12)3-2-11-4-10(13)5-17-11/h4-5,15H,2-3,6-9H2,1H3. The Morgan fingerprint density at radius 3 is 2.82 bits per heavy atom. The van der Waals surface area contributed by atoms with Crippen molar-refractivity contribution in [2.75, 3.05) is 40.0 Å². The number of nitrogens with zero attached hydrogens (tertiary/aromatic N) is 1. The minimum absolute atomic E-state index is 0.00914. The molecule has 0 bridgehead atoms. The molecule has 0 aromatic carbocycles. The van der Waals surface area contributed by atoms with E-state index < -0.39 is 0 Å². The van der Waals surface area contributed by atoms with Crippen LogP contribution in [0.4, 0.5) is 0 Å². The number of halogens is 1. The average molecular weight is 320 g/mol. The van der Waals surface area contributed by atoms with Gasteiger partial charge in [-0.2, -0.15) is 0 Å². The zero-order chi connectivity index (χ0) is 12.3. The molecule has 1 aliphatic heterocycles. The van der Waals surface area contributed by atoms with Crippen molar-refractivity contribution >= 4 is 27.3 Å². The molecule has 0 saturated carbocycles. The Bertz CT molecular complexity index is 360. The third-order valence-corrected chi connectivity index (χ3v) is 4.88. The number of rotatable bonds is 6. The lowest BCUT2D eigenvalue weighted by Gasteiger charge is -2.42. The van der Waals surface area contributed by atoms with Crippen LogP contribution in [0.3, 0.4) is 0 Å². The third kappa shape index (κ3) is 3.51. The molecule has 0 unspecified atom stereocenters. The fraction of sp³-hybridized carbons (Fsp3) is 0.667. The lowest BCUT2D eigenvalue weighted by Crippen LogP contribution is -2.52. The normalized spacial score (nSPS) is 18.4. The number of hydrogen-bond donors (Lipinski definition) is 1. The molecule has 1 N–H and O–H groups in total. The summed E-state index contributed by atoms with van der Waals surface area (Å²) in [6, 6.07) is 2.17. The van der Waals surface area contributed by atoms with Crippen LogP contribution in [0, 0.1) is 5.41 Å². The van der Waals surface area contributed by atoms with E-state index in [1.54, 1.807) is 11.3 Å². The molecule has 1 aromatic heterocycles. The summed E-state index contributed by atoms with van der Waals surface area (Å²) in [5, 5.41) is 11.5. The molecule has 1 aromatic rings. The van der Waals surface area contributed by atoms with Crippen LogP contribution in [0.2, 0.25) is 0 Å². The highest BCUT2D eigenvalue weighted by atomic mass is 79.9. The Morgan fingerprint density at radius 2 is 2.35 bits per heavy atom. The zero-order valence-corrected chi connectivity index (χ0v) is 12.4. The Hall–Kier alpha value is 0.0600. The van der Waals surface area contributed by atoms with Gasteiger partial charge in [-0.15, -0.1) is 11.3 Å². The molecule has 1 aliphatic rings. The lowest BCUT2D eigenvalue weighted by atomic mass is 9.86. The van der Waals surface area contributed by atoms with E-state index in [1.807, 2.05) is 0 Å². The lowest BCUT2D eigenvalue weighted by molar-refractivity contribution is -0.146. The maximum Gasteiger partial charge on any atom is 0.0579 e. The van der Waals surface area contributed by atoms with Crippen LogP contribution in [0.5, 0.6) is 0 Å². The number of ether oxygens (including phenoxy) is 1. The number of aliphatic hydroxyl groups is 1. The molecule has 0 amide bonds. The van der Waals surface area contributed by atoms with Gasteiger partial charge in [0, 0.05) is 27.8 Å². The van der Waals surface area contributed by atoms with E-state index in [4.69, 9.17) is 4.74 Å². The minimum atomic E-state index is -0.00914. The highest BCUT2D eigenvalue weighted by Crippen LogP contribution is 2.27. The molecule has 1 fully saturated rings. The van der Waals surface area contributed by atoms with Crippen molar-refractivity contribution in [3.8, 4) is 0 Å². The fourth-order valence-electron chi connectivity index (χ4n) is 2.06. The summed E-state index contributed by atoms with van der Waals surface area (Å²) in [7, 11) is 2.11. The molecular weight excluding hydrogens is 302 g/mol. The first kappa shape index (κ1) is 13.5. The van der Waals surface area contributed by atoms with E-state index in [9.17, 15) is 5.11 Å². The summed E-state index contributed by atoms with van der Waals surface area (Å²) in [5.74, 6) is 0.